The number of nitrogens with zero attached hydrogens (tertiary/aromatic N) is 5. The molecule has 0 aliphatic rings. The molecule has 0 bridgehead atoms. The van der Waals surface area contributed by atoms with Crippen LogP contribution in [0.2, 0.25) is 0 Å². The lowest BCUT2D eigenvalue weighted by Crippen LogP contribution is -2.27. The van der Waals surface area contributed by atoms with E-state index in [4.69, 9.17) is 4.42 Å². The maximum atomic E-state index is 13.0. The van der Waals surface area contributed by atoms with E-state index in [9.17, 15) is 9.59 Å². The molecule has 0 saturated heterocycles. The Morgan fingerprint density at radius 1 is 1.12 bits per heavy atom. The second-order valence-corrected chi connectivity index (χ2v) is 8.75. The third kappa shape index (κ3) is 3.77. The Labute approximate surface area is 189 Å². The predicted molar refractivity (Wildman–Crippen MR) is 123 cm³/mol. The van der Waals surface area contributed by atoms with E-state index in [1.807, 2.05) is 54.9 Å². The highest BCUT2D eigenvalue weighted by molar-refractivity contribution is 8.00. The monoisotopic (exact) mass is 452 g/mol. The van der Waals surface area contributed by atoms with E-state index in [2.05, 4.69) is 15.5 Å². The Kier molecular flexibility index (Phi) is 5.79. The molecule has 0 radical (unpaired) electrons. The maximum Gasteiger partial charge on any atom is 0.295 e. The summed E-state index contributed by atoms with van der Waals surface area (Å²) in [5.74, 6) is 1.12. The van der Waals surface area contributed by atoms with Crippen molar-refractivity contribution in [2.75, 3.05) is 5.32 Å². The summed E-state index contributed by atoms with van der Waals surface area (Å²) in [5, 5.41) is 11.4. The van der Waals surface area contributed by atoms with Gasteiger partial charge in [-0.15, -0.1) is 10.2 Å². The van der Waals surface area contributed by atoms with Crippen molar-refractivity contribution in [3.8, 4) is 17.1 Å². The zero-order chi connectivity index (χ0) is 23.0. The van der Waals surface area contributed by atoms with Gasteiger partial charge < -0.3 is 14.3 Å². The molecule has 3 aromatic heterocycles. The van der Waals surface area contributed by atoms with E-state index in [0.29, 0.717) is 16.7 Å². The summed E-state index contributed by atoms with van der Waals surface area (Å²) in [6.45, 7) is 5.43. The summed E-state index contributed by atoms with van der Waals surface area (Å²) >= 11 is 1.27. The smallest absolute Gasteiger partial charge is 0.295 e. The first kappa shape index (κ1) is 21.7. The van der Waals surface area contributed by atoms with E-state index in [-0.39, 0.29) is 17.2 Å². The van der Waals surface area contributed by atoms with Gasteiger partial charge in [-0.05, 0) is 39.0 Å². The number of carbonyl (C=O) groups excluding carboxylic acids is 1. The van der Waals surface area contributed by atoms with Crippen LogP contribution in [0.15, 0.2) is 57.0 Å². The molecule has 166 valence electrons. The van der Waals surface area contributed by atoms with Crippen molar-refractivity contribution in [2.45, 2.75) is 31.2 Å². The molecule has 0 aliphatic heterocycles. The van der Waals surface area contributed by atoms with Gasteiger partial charge in [-0.1, -0.05) is 30.0 Å². The minimum atomic E-state index is -0.500. The average molecular weight is 453 g/mol. The fourth-order valence-electron chi connectivity index (χ4n) is 3.42. The molecule has 1 amide bonds. The average Bonchev–Trinajstić information content (AvgIpc) is 3.42. The standard InChI is InChI=1S/C22H24N6O3S/c1-13-18(21(30)28(27(13)5)16-9-7-6-8-10-16)23-20(29)15(3)32-22-25-24-19(26(22)4)17-11-12-31-14(17)2/h6-12,15H,1-5H3,(H,23,29)/t15-/m1/s1. The molecule has 9 nitrogen and oxygen atoms in total. The van der Waals surface area contributed by atoms with E-state index < -0.39 is 5.25 Å². The summed E-state index contributed by atoms with van der Waals surface area (Å²) in [5.41, 5.74) is 2.23. The first-order valence-corrected chi connectivity index (χ1v) is 10.9. The van der Waals surface area contributed by atoms with Gasteiger partial charge in [0.2, 0.25) is 5.91 Å². The Morgan fingerprint density at radius 2 is 1.84 bits per heavy atom. The Balaban J connectivity index is 1.54. The number of para-hydroxylation sites is 1. The molecular formula is C22H24N6O3S. The van der Waals surface area contributed by atoms with Crippen LogP contribution < -0.4 is 10.9 Å². The molecule has 1 atom stereocenters. The molecule has 1 N–H and O–H groups in total. The van der Waals surface area contributed by atoms with Gasteiger partial charge in [0.15, 0.2) is 11.0 Å². The van der Waals surface area contributed by atoms with Gasteiger partial charge in [-0.2, -0.15) is 0 Å². The number of hydrogen-bond donors (Lipinski definition) is 1. The van der Waals surface area contributed by atoms with E-state index in [1.54, 1.807) is 31.8 Å². The second kappa shape index (κ2) is 8.54. The number of carbonyl (C=O) groups is 1. The summed E-state index contributed by atoms with van der Waals surface area (Å²) in [4.78, 5) is 26.0. The van der Waals surface area contributed by atoms with Crippen LogP contribution in [-0.2, 0) is 18.9 Å². The van der Waals surface area contributed by atoms with Crippen LogP contribution in [-0.4, -0.2) is 35.3 Å². The lowest BCUT2D eigenvalue weighted by molar-refractivity contribution is -0.115. The third-order valence-electron chi connectivity index (χ3n) is 5.39. The number of aryl methyl sites for hydroxylation is 1. The van der Waals surface area contributed by atoms with Gasteiger partial charge >= 0.3 is 0 Å². The van der Waals surface area contributed by atoms with Gasteiger partial charge in [0, 0.05) is 14.1 Å². The lowest BCUT2D eigenvalue weighted by Gasteiger charge is -2.11. The zero-order valence-corrected chi connectivity index (χ0v) is 19.3. The van der Waals surface area contributed by atoms with Crippen molar-refractivity contribution in [3.63, 3.8) is 0 Å². The molecule has 4 rings (SSSR count). The van der Waals surface area contributed by atoms with Crippen molar-refractivity contribution < 1.29 is 9.21 Å². The Bertz CT molecular complexity index is 1330. The van der Waals surface area contributed by atoms with Crippen LogP contribution in [0.1, 0.15) is 18.4 Å². The number of nitrogens with one attached hydrogen (secondary N) is 1. The number of furan rings is 1. The molecule has 0 unspecified atom stereocenters. The fourth-order valence-corrected chi connectivity index (χ4v) is 4.23. The summed E-state index contributed by atoms with van der Waals surface area (Å²) in [6, 6.07) is 11.1. The maximum absolute atomic E-state index is 13.0. The molecule has 0 fully saturated rings. The summed E-state index contributed by atoms with van der Waals surface area (Å²) in [7, 11) is 3.63. The van der Waals surface area contributed by atoms with Crippen LogP contribution >= 0.6 is 11.8 Å². The van der Waals surface area contributed by atoms with E-state index in [0.717, 1.165) is 17.0 Å². The van der Waals surface area contributed by atoms with Crippen LogP contribution in [0.25, 0.3) is 17.1 Å². The summed E-state index contributed by atoms with van der Waals surface area (Å²) < 4.78 is 10.4. The molecule has 4 aromatic rings. The predicted octanol–water partition coefficient (Wildman–Crippen LogP) is 3.30. The molecule has 32 heavy (non-hydrogen) atoms. The van der Waals surface area contributed by atoms with Gasteiger partial charge in [0.25, 0.3) is 5.56 Å². The Morgan fingerprint density at radius 3 is 2.50 bits per heavy atom. The van der Waals surface area contributed by atoms with Crippen LogP contribution in [0.5, 0.6) is 0 Å². The number of rotatable bonds is 6. The van der Waals surface area contributed by atoms with Crippen molar-refractivity contribution in [3.05, 3.63) is 64.5 Å². The topological polar surface area (TPSA) is 99.9 Å². The molecule has 0 saturated carbocycles. The highest BCUT2D eigenvalue weighted by Gasteiger charge is 2.24. The summed E-state index contributed by atoms with van der Waals surface area (Å²) in [6.07, 6.45) is 1.60. The number of benzene rings is 1. The quantitative estimate of drug-likeness (QED) is 0.451. The van der Waals surface area contributed by atoms with Crippen molar-refractivity contribution in [2.24, 2.45) is 14.1 Å². The normalized spacial score (nSPS) is 12.2. The number of anilines is 1. The van der Waals surface area contributed by atoms with Gasteiger partial charge in [0.05, 0.1) is 28.5 Å². The van der Waals surface area contributed by atoms with Crippen LogP contribution in [0.3, 0.4) is 0 Å². The highest BCUT2D eigenvalue weighted by Crippen LogP contribution is 2.28. The van der Waals surface area contributed by atoms with Crippen molar-refractivity contribution in [1.82, 2.24) is 24.1 Å². The highest BCUT2D eigenvalue weighted by atomic mass is 32.2. The van der Waals surface area contributed by atoms with Gasteiger partial charge in [0.1, 0.15) is 11.4 Å². The minimum absolute atomic E-state index is 0.265. The molecule has 0 spiro atoms. The molecule has 1 aromatic carbocycles. The number of amides is 1. The second-order valence-electron chi connectivity index (χ2n) is 7.44. The number of hydrogen-bond acceptors (Lipinski definition) is 6. The molecular weight excluding hydrogens is 428 g/mol. The van der Waals surface area contributed by atoms with Gasteiger partial charge in [-0.25, -0.2) is 4.68 Å². The first-order chi connectivity index (χ1) is 15.3. The van der Waals surface area contributed by atoms with E-state index >= 15 is 0 Å². The number of thioether (sulfide) groups is 1. The molecule has 0 aliphatic carbocycles. The minimum Gasteiger partial charge on any atom is -0.469 e. The first-order valence-electron chi connectivity index (χ1n) is 10.0. The number of aromatic nitrogens is 5. The molecule has 3 heterocycles. The van der Waals surface area contributed by atoms with Gasteiger partial charge in [-0.3, -0.25) is 14.3 Å². The van der Waals surface area contributed by atoms with Crippen molar-refractivity contribution >= 4 is 23.4 Å². The van der Waals surface area contributed by atoms with Crippen LogP contribution in [0.4, 0.5) is 5.69 Å². The van der Waals surface area contributed by atoms with Crippen molar-refractivity contribution in [1.29, 1.82) is 0 Å². The molecule has 10 heteroatoms. The fraction of sp³-hybridized carbons (Fsp3) is 0.273. The SMILES string of the molecule is Cc1occc1-c1nnc(S[C@H](C)C(=O)Nc2c(C)n(C)n(-c3ccccc3)c2=O)n1C. The zero-order valence-electron chi connectivity index (χ0n) is 18.5. The lowest BCUT2D eigenvalue weighted by atomic mass is 10.2. The van der Waals surface area contributed by atoms with Crippen LogP contribution in [0, 0.1) is 13.8 Å². The third-order valence-corrected chi connectivity index (χ3v) is 6.52. The largest absolute Gasteiger partial charge is 0.469 e. The van der Waals surface area contributed by atoms with E-state index in [1.165, 1.54) is 16.4 Å². The Hall–Kier alpha value is -3.53.